The summed E-state index contributed by atoms with van der Waals surface area (Å²) in [5.74, 6) is -0.0704. The Morgan fingerprint density at radius 1 is 1.32 bits per heavy atom. The van der Waals surface area contributed by atoms with E-state index >= 15 is 0 Å². The highest BCUT2D eigenvalue weighted by Crippen LogP contribution is 2.18. The number of rotatable bonds is 5. The summed E-state index contributed by atoms with van der Waals surface area (Å²) in [6.07, 6.45) is 0. The molecule has 0 saturated carbocycles. The lowest BCUT2D eigenvalue weighted by molar-refractivity contribution is 0.0955. The summed E-state index contributed by atoms with van der Waals surface area (Å²) in [6, 6.07) is 7.48. The molecule has 1 amide bonds. The third-order valence-corrected chi connectivity index (χ3v) is 3.60. The number of aryl methyl sites for hydroxylation is 1. The number of halogens is 1. The number of hydrogen-bond acceptors (Lipinski definition) is 4. The van der Waals surface area contributed by atoms with Crippen LogP contribution in [0.1, 0.15) is 15.9 Å². The summed E-state index contributed by atoms with van der Waals surface area (Å²) in [7, 11) is 0. The Morgan fingerprint density at radius 3 is 2.68 bits per heavy atom. The van der Waals surface area contributed by atoms with E-state index < -0.39 is 0 Å². The minimum Gasteiger partial charge on any atom is -0.360 e. The van der Waals surface area contributed by atoms with E-state index in [1.807, 2.05) is 31.2 Å². The predicted molar refractivity (Wildman–Crippen MR) is 79.1 cm³/mol. The van der Waals surface area contributed by atoms with Crippen LogP contribution in [0.4, 0.5) is 5.13 Å². The van der Waals surface area contributed by atoms with Crippen molar-refractivity contribution in [2.75, 3.05) is 18.4 Å². The molecule has 1 heterocycles. The van der Waals surface area contributed by atoms with Gasteiger partial charge in [-0.2, -0.15) is 0 Å². The summed E-state index contributed by atoms with van der Waals surface area (Å²) < 4.78 is 0. The first-order valence-corrected chi connectivity index (χ1v) is 7.10. The van der Waals surface area contributed by atoms with E-state index in [4.69, 9.17) is 11.6 Å². The molecule has 1 aromatic carbocycles. The largest absolute Gasteiger partial charge is 0.360 e. The molecule has 0 aliphatic carbocycles. The van der Waals surface area contributed by atoms with Crippen LogP contribution in [0.25, 0.3) is 0 Å². The maximum atomic E-state index is 11.8. The highest BCUT2D eigenvalue weighted by atomic mass is 35.5. The van der Waals surface area contributed by atoms with Gasteiger partial charge in [0.15, 0.2) is 5.13 Å². The van der Waals surface area contributed by atoms with Gasteiger partial charge in [0.1, 0.15) is 5.15 Å². The lowest BCUT2D eigenvalue weighted by Crippen LogP contribution is -2.28. The van der Waals surface area contributed by atoms with Crippen molar-refractivity contribution in [3.8, 4) is 0 Å². The van der Waals surface area contributed by atoms with Crippen molar-refractivity contribution in [2.45, 2.75) is 6.92 Å². The van der Waals surface area contributed by atoms with Gasteiger partial charge >= 0.3 is 0 Å². The highest BCUT2D eigenvalue weighted by Gasteiger charge is 2.04. The highest BCUT2D eigenvalue weighted by molar-refractivity contribution is 7.14. The minimum absolute atomic E-state index is 0.0704. The van der Waals surface area contributed by atoms with Gasteiger partial charge in [-0.05, 0) is 19.1 Å². The first-order valence-electron chi connectivity index (χ1n) is 5.85. The summed E-state index contributed by atoms with van der Waals surface area (Å²) in [5, 5.41) is 8.93. The Morgan fingerprint density at radius 2 is 2.05 bits per heavy atom. The van der Waals surface area contributed by atoms with Crippen molar-refractivity contribution in [2.24, 2.45) is 0 Å². The molecule has 0 aliphatic heterocycles. The Balaban J connectivity index is 1.73. The van der Waals surface area contributed by atoms with Gasteiger partial charge in [-0.3, -0.25) is 4.79 Å². The van der Waals surface area contributed by atoms with Gasteiger partial charge in [-0.25, -0.2) is 4.98 Å². The Kier molecular flexibility index (Phi) is 4.76. The Bertz CT molecular complexity index is 553. The number of aromatic nitrogens is 1. The SMILES string of the molecule is Cc1ccc(C(=O)NCCNc2nc(Cl)cs2)cc1. The van der Waals surface area contributed by atoms with Gasteiger partial charge in [-0.15, -0.1) is 11.3 Å². The number of carbonyl (C=O) groups excluding carboxylic acids is 1. The molecule has 2 rings (SSSR count). The maximum absolute atomic E-state index is 11.8. The van der Waals surface area contributed by atoms with Gasteiger partial charge in [0.25, 0.3) is 5.91 Å². The predicted octanol–water partition coefficient (Wildman–Crippen LogP) is 2.95. The van der Waals surface area contributed by atoms with Crippen LogP contribution in [0.2, 0.25) is 5.15 Å². The maximum Gasteiger partial charge on any atom is 0.251 e. The molecule has 0 aliphatic rings. The molecule has 2 N–H and O–H groups in total. The molecule has 1 aromatic heterocycles. The number of nitrogens with zero attached hydrogens (tertiary/aromatic N) is 1. The van der Waals surface area contributed by atoms with Crippen LogP contribution in [-0.4, -0.2) is 24.0 Å². The van der Waals surface area contributed by atoms with Crippen LogP contribution in [0, 0.1) is 6.92 Å². The van der Waals surface area contributed by atoms with Crippen molar-refractivity contribution in [3.05, 3.63) is 45.9 Å². The second-order valence-corrected chi connectivity index (χ2v) is 5.27. The number of nitrogens with one attached hydrogen (secondary N) is 2. The average Bonchev–Trinajstić information content (AvgIpc) is 2.81. The third kappa shape index (κ3) is 4.22. The van der Waals surface area contributed by atoms with Crippen LogP contribution in [0.5, 0.6) is 0 Å². The average molecular weight is 296 g/mol. The molecule has 4 nitrogen and oxygen atoms in total. The van der Waals surface area contributed by atoms with Crippen LogP contribution >= 0.6 is 22.9 Å². The van der Waals surface area contributed by atoms with Gasteiger partial charge in [0.05, 0.1) is 0 Å². The Hall–Kier alpha value is -1.59. The quantitative estimate of drug-likeness (QED) is 0.834. The van der Waals surface area contributed by atoms with E-state index in [1.165, 1.54) is 11.3 Å². The number of amides is 1. The summed E-state index contributed by atoms with van der Waals surface area (Å²) in [6.45, 7) is 3.14. The van der Waals surface area contributed by atoms with Crippen molar-refractivity contribution in [1.82, 2.24) is 10.3 Å². The van der Waals surface area contributed by atoms with E-state index in [2.05, 4.69) is 15.6 Å². The third-order valence-electron chi connectivity index (χ3n) is 2.48. The number of hydrogen-bond donors (Lipinski definition) is 2. The smallest absolute Gasteiger partial charge is 0.251 e. The summed E-state index contributed by atoms with van der Waals surface area (Å²) in [5.41, 5.74) is 1.81. The number of anilines is 1. The fourth-order valence-electron chi connectivity index (χ4n) is 1.49. The number of benzene rings is 1. The van der Waals surface area contributed by atoms with E-state index in [1.54, 1.807) is 5.38 Å². The van der Waals surface area contributed by atoms with Crippen LogP contribution in [-0.2, 0) is 0 Å². The Labute approximate surface area is 120 Å². The zero-order valence-corrected chi connectivity index (χ0v) is 12.0. The van der Waals surface area contributed by atoms with Crippen LogP contribution in [0.3, 0.4) is 0 Å². The zero-order chi connectivity index (χ0) is 13.7. The van der Waals surface area contributed by atoms with Crippen molar-refractivity contribution in [1.29, 1.82) is 0 Å². The van der Waals surface area contributed by atoms with Gasteiger partial charge in [-0.1, -0.05) is 29.3 Å². The van der Waals surface area contributed by atoms with Gasteiger partial charge in [0.2, 0.25) is 0 Å². The van der Waals surface area contributed by atoms with Crippen molar-refractivity contribution < 1.29 is 4.79 Å². The summed E-state index contributed by atoms with van der Waals surface area (Å²) >= 11 is 7.15. The van der Waals surface area contributed by atoms with E-state index in [-0.39, 0.29) is 5.91 Å². The standard InChI is InChI=1S/C13H14ClN3OS/c1-9-2-4-10(5-3-9)12(18)15-6-7-16-13-17-11(14)8-19-13/h2-5,8H,6-7H2,1H3,(H,15,18)(H,16,17). The van der Waals surface area contributed by atoms with Crippen molar-refractivity contribution in [3.63, 3.8) is 0 Å². The zero-order valence-electron chi connectivity index (χ0n) is 10.4. The second kappa shape index (κ2) is 6.54. The lowest BCUT2D eigenvalue weighted by atomic mass is 10.1. The second-order valence-electron chi connectivity index (χ2n) is 4.02. The monoisotopic (exact) mass is 295 g/mol. The fourth-order valence-corrected chi connectivity index (χ4v) is 2.35. The molecule has 0 spiro atoms. The topological polar surface area (TPSA) is 54.0 Å². The van der Waals surface area contributed by atoms with E-state index in [0.29, 0.717) is 23.8 Å². The molecule has 6 heteroatoms. The number of carbonyl (C=O) groups is 1. The molecule has 100 valence electrons. The van der Waals surface area contributed by atoms with Gasteiger partial charge < -0.3 is 10.6 Å². The lowest BCUT2D eigenvalue weighted by Gasteiger charge is -2.06. The normalized spacial score (nSPS) is 10.2. The molecular weight excluding hydrogens is 282 g/mol. The molecule has 19 heavy (non-hydrogen) atoms. The minimum atomic E-state index is -0.0704. The summed E-state index contributed by atoms with van der Waals surface area (Å²) in [4.78, 5) is 15.9. The molecule has 0 atom stereocenters. The van der Waals surface area contributed by atoms with Crippen molar-refractivity contribution >= 4 is 34.0 Å². The fraction of sp³-hybridized carbons (Fsp3) is 0.231. The molecule has 0 radical (unpaired) electrons. The van der Waals surface area contributed by atoms with Crippen LogP contribution < -0.4 is 10.6 Å². The first kappa shape index (κ1) is 13.8. The van der Waals surface area contributed by atoms with E-state index in [9.17, 15) is 4.79 Å². The van der Waals surface area contributed by atoms with Gasteiger partial charge in [0, 0.05) is 24.0 Å². The molecule has 0 saturated heterocycles. The molecule has 0 unspecified atom stereocenters. The first-order chi connectivity index (χ1) is 9.15. The molecule has 0 bridgehead atoms. The number of thiazole rings is 1. The van der Waals surface area contributed by atoms with Crippen LogP contribution in [0.15, 0.2) is 29.6 Å². The molecule has 0 fully saturated rings. The molecule has 2 aromatic rings. The molecular formula is C13H14ClN3OS. The van der Waals surface area contributed by atoms with E-state index in [0.717, 1.165) is 10.7 Å².